The van der Waals surface area contributed by atoms with Crippen molar-refractivity contribution in [3.8, 4) is 0 Å². The third kappa shape index (κ3) is 4.23. The van der Waals surface area contributed by atoms with E-state index in [0.29, 0.717) is 23.3 Å². The van der Waals surface area contributed by atoms with Crippen molar-refractivity contribution in [2.45, 2.75) is 19.3 Å². The predicted octanol–water partition coefficient (Wildman–Crippen LogP) is 3.84. The molecule has 0 bridgehead atoms. The van der Waals surface area contributed by atoms with Gasteiger partial charge in [0.1, 0.15) is 0 Å². The zero-order valence-corrected chi connectivity index (χ0v) is 16.8. The normalized spacial score (nSPS) is 17.1. The van der Waals surface area contributed by atoms with Gasteiger partial charge in [0, 0.05) is 41.8 Å². The molecule has 1 aromatic carbocycles. The molecule has 3 heterocycles. The number of piperidine rings is 1. The fourth-order valence-corrected chi connectivity index (χ4v) is 3.97. The lowest BCUT2D eigenvalue weighted by Crippen LogP contribution is -2.43. The van der Waals surface area contributed by atoms with Crippen molar-refractivity contribution in [1.29, 1.82) is 0 Å². The molecule has 0 spiro atoms. The first-order valence-electron chi connectivity index (χ1n) is 9.37. The maximum atomic E-state index is 12.7. The molecular weight excluding hydrogens is 397 g/mol. The Hall–Kier alpha value is -2.31. The third-order valence-corrected chi connectivity index (χ3v) is 5.59. The summed E-state index contributed by atoms with van der Waals surface area (Å²) in [5, 5.41) is 13.3. The Morgan fingerprint density at radius 2 is 2.14 bits per heavy atom. The fraction of sp³-hybridized carbons (Fsp3) is 0.350. The summed E-state index contributed by atoms with van der Waals surface area (Å²) in [7, 11) is 0. The Balaban J connectivity index is 1.33. The molecule has 2 N–H and O–H groups in total. The maximum absolute atomic E-state index is 12.7. The molecule has 4 rings (SSSR count). The Morgan fingerprint density at radius 3 is 2.96 bits per heavy atom. The minimum atomic E-state index is -0.0522. The van der Waals surface area contributed by atoms with Crippen molar-refractivity contribution in [3.63, 3.8) is 0 Å². The highest BCUT2D eigenvalue weighted by atomic mass is 35.5. The van der Waals surface area contributed by atoms with Crippen LogP contribution in [-0.2, 0) is 11.2 Å². The smallest absolute Gasteiger partial charge is 0.224 e. The molecule has 0 saturated carbocycles. The second kappa shape index (κ2) is 8.37. The largest absolute Gasteiger partial charge is 0.361 e. The van der Waals surface area contributed by atoms with Gasteiger partial charge in [-0.1, -0.05) is 23.2 Å². The third-order valence-electron chi connectivity index (χ3n) is 5.16. The van der Waals surface area contributed by atoms with Crippen LogP contribution in [0.3, 0.4) is 0 Å². The molecule has 0 radical (unpaired) electrons. The van der Waals surface area contributed by atoms with Gasteiger partial charge in [-0.15, -0.1) is 10.2 Å². The summed E-state index contributed by atoms with van der Waals surface area (Å²) >= 11 is 11.9. The molecule has 1 amide bonds. The molecule has 3 aromatic rings. The molecule has 1 saturated heterocycles. The highest BCUT2D eigenvalue weighted by molar-refractivity contribution is 6.31. The average molecular weight is 418 g/mol. The molecule has 1 fully saturated rings. The van der Waals surface area contributed by atoms with Crippen LogP contribution in [0.1, 0.15) is 18.4 Å². The number of fused-ring (bicyclic) bond motifs is 1. The van der Waals surface area contributed by atoms with Crippen LogP contribution in [0.5, 0.6) is 0 Å². The lowest BCUT2D eigenvalue weighted by Gasteiger charge is -2.32. The van der Waals surface area contributed by atoms with Crippen LogP contribution in [0.2, 0.25) is 10.2 Å². The monoisotopic (exact) mass is 417 g/mol. The van der Waals surface area contributed by atoms with E-state index in [1.165, 1.54) is 0 Å². The summed E-state index contributed by atoms with van der Waals surface area (Å²) in [6, 6.07) is 9.36. The van der Waals surface area contributed by atoms with Crippen LogP contribution in [0.25, 0.3) is 10.9 Å². The first-order valence-corrected chi connectivity index (χ1v) is 10.1. The van der Waals surface area contributed by atoms with Crippen molar-refractivity contribution >= 4 is 45.8 Å². The number of nitrogens with zero attached hydrogens (tertiary/aromatic N) is 3. The summed E-state index contributed by atoms with van der Waals surface area (Å²) in [4.78, 5) is 18.0. The second-order valence-corrected chi connectivity index (χ2v) is 7.87. The van der Waals surface area contributed by atoms with Crippen LogP contribution in [-0.4, -0.2) is 40.7 Å². The van der Waals surface area contributed by atoms with E-state index in [2.05, 4.69) is 25.4 Å². The van der Waals surface area contributed by atoms with E-state index < -0.39 is 0 Å². The maximum Gasteiger partial charge on any atom is 0.224 e. The molecule has 1 atom stereocenters. The van der Waals surface area contributed by atoms with E-state index >= 15 is 0 Å². The summed E-state index contributed by atoms with van der Waals surface area (Å²) in [6.07, 6.45) is 4.56. The van der Waals surface area contributed by atoms with Crippen LogP contribution in [0, 0.1) is 5.92 Å². The minimum Gasteiger partial charge on any atom is -0.361 e. The van der Waals surface area contributed by atoms with Gasteiger partial charge in [-0.25, -0.2) is 0 Å². The Morgan fingerprint density at radius 1 is 1.25 bits per heavy atom. The quantitative estimate of drug-likeness (QED) is 0.661. The highest BCUT2D eigenvalue weighted by Gasteiger charge is 2.26. The zero-order chi connectivity index (χ0) is 19.5. The number of aromatic nitrogens is 3. The summed E-state index contributed by atoms with van der Waals surface area (Å²) in [5.74, 6) is 0.797. The zero-order valence-electron chi connectivity index (χ0n) is 15.3. The number of carbonyl (C=O) groups is 1. The molecule has 146 valence electrons. The standard InChI is InChI=1S/C20H21Cl2N5O/c21-15-3-4-17-16(10-15)13(11-24-17)7-8-23-20(28)14-2-1-9-27(12-14)19-6-5-18(22)25-26-19/h3-6,10-11,14,24H,1-2,7-9,12H2,(H,23,28). The number of amides is 1. The van der Waals surface area contributed by atoms with E-state index in [1.807, 2.05) is 30.5 Å². The van der Waals surface area contributed by atoms with Gasteiger partial charge in [0.15, 0.2) is 11.0 Å². The van der Waals surface area contributed by atoms with Gasteiger partial charge in [0.2, 0.25) is 5.91 Å². The number of rotatable bonds is 5. The summed E-state index contributed by atoms with van der Waals surface area (Å²) in [6.45, 7) is 2.11. The highest BCUT2D eigenvalue weighted by Crippen LogP contribution is 2.24. The van der Waals surface area contributed by atoms with Crippen molar-refractivity contribution in [1.82, 2.24) is 20.5 Å². The molecule has 1 aliphatic rings. The van der Waals surface area contributed by atoms with Crippen LogP contribution < -0.4 is 10.2 Å². The number of benzene rings is 1. The molecule has 8 heteroatoms. The van der Waals surface area contributed by atoms with E-state index in [4.69, 9.17) is 23.2 Å². The van der Waals surface area contributed by atoms with E-state index in [9.17, 15) is 4.79 Å². The number of nitrogens with one attached hydrogen (secondary N) is 2. The number of anilines is 1. The van der Waals surface area contributed by atoms with Gasteiger partial charge in [0.05, 0.1) is 5.92 Å². The number of carbonyl (C=O) groups excluding carboxylic acids is 1. The van der Waals surface area contributed by atoms with Crippen molar-refractivity contribution in [3.05, 3.63) is 52.3 Å². The molecular formula is C20H21Cl2N5O. The van der Waals surface area contributed by atoms with Gasteiger partial charge < -0.3 is 15.2 Å². The lowest BCUT2D eigenvalue weighted by atomic mass is 9.97. The van der Waals surface area contributed by atoms with Gasteiger partial charge >= 0.3 is 0 Å². The van der Waals surface area contributed by atoms with Gasteiger partial charge in [0.25, 0.3) is 0 Å². The Kier molecular flexibility index (Phi) is 5.69. The molecule has 28 heavy (non-hydrogen) atoms. The Bertz CT molecular complexity index is 972. The fourth-order valence-electron chi connectivity index (χ4n) is 3.70. The minimum absolute atomic E-state index is 0.0522. The molecule has 1 unspecified atom stereocenters. The predicted molar refractivity (Wildman–Crippen MR) is 112 cm³/mol. The number of H-pyrrole nitrogens is 1. The van der Waals surface area contributed by atoms with E-state index in [0.717, 1.165) is 48.1 Å². The average Bonchev–Trinajstić information content (AvgIpc) is 3.10. The molecule has 2 aromatic heterocycles. The number of halogens is 2. The first-order chi connectivity index (χ1) is 13.6. The number of aromatic amines is 1. The van der Waals surface area contributed by atoms with Crippen LogP contribution >= 0.6 is 23.2 Å². The summed E-state index contributed by atoms with van der Waals surface area (Å²) in [5.41, 5.74) is 2.21. The topological polar surface area (TPSA) is 73.9 Å². The van der Waals surface area contributed by atoms with Gasteiger partial charge in [-0.2, -0.15) is 0 Å². The first kappa shape index (κ1) is 19.0. The van der Waals surface area contributed by atoms with E-state index in [1.54, 1.807) is 6.07 Å². The van der Waals surface area contributed by atoms with Crippen molar-refractivity contribution < 1.29 is 4.79 Å². The molecule has 0 aliphatic carbocycles. The number of hydrogen-bond acceptors (Lipinski definition) is 4. The lowest BCUT2D eigenvalue weighted by molar-refractivity contribution is -0.125. The second-order valence-electron chi connectivity index (χ2n) is 7.04. The van der Waals surface area contributed by atoms with E-state index in [-0.39, 0.29) is 11.8 Å². The SMILES string of the molecule is O=C(NCCc1c[nH]c2ccc(Cl)cc12)C1CCCN(c2ccc(Cl)nn2)C1. The molecule has 6 nitrogen and oxygen atoms in total. The van der Waals surface area contributed by atoms with Crippen LogP contribution in [0.15, 0.2) is 36.5 Å². The van der Waals surface area contributed by atoms with Crippen LogP contribution in [0.4, 0.5) is 5.82 Å². The van der Waals surface area contributed by atoms with Crippen molar-refractivity contribution in [2.24, 2.45) is 5.92 Å². The Labute approximate surface area is 173 Å². The van der Waals surface area contributed by atoms with Gasteiger partial charge in [-0.3, -0.25) is 4.79 Å². The number of hydrogen-bond donors (Lipinski definition) is 2. The summed E-state index contributed by atoms with van der Waals surface area (Å²) < 4.78 is 0. The molecule has 1 aliphatic heterocycles. The van der Waals surface area contributed by atoms with Crippen molar-refractivity contribution in [2.75, 3.05) is 24.5 Å². The van der Waals surface area contributed by atoms with Gasteiger partial charge in [-0.05, 0) is 55.2 Å².